The van der Waals surface area contributed by atoms with E-state index in [1.807, 2.05) is 18.2 Å². The number of rotatable bonds is 3. The molecule has 0 saturated heterocycles. The molecule has 0 saturated carbocycles. The number of fused-ring (bicyclic) bond motifs is 1. The van der Waals surface area contributed by atoms with Crippen molar-refractivity contribution >= 4 is 38.9 Å². The van der Waals surface area contributed by atoms with E-state index in [9.17, 15) is 0 Å². The van der Waals surface area contributed by atoms with Gasteiger partial charge in [0.05, 0.1) is 22.0 Å². The number of aromatic nitrogens is 2. The van der Waals surface area contributed by atoms with Gasteiger partial charge in [0.25, 0.3) is 0 Å². The maximum atomic E-state index is 5.91. The Morgan fingerprint density at radius 1 is 1.13 bits per heavy atom. The van der Waals surface area contributed by atoms with Gasteiger partial charge in [0.2, 0.25) is 11.8 Å². The average molecular weight is 344 g/mol. The minimum absolute atomic E-state index is 0.285. The fraction of sp³-hybridized carbons (Fsp3) is 0. The van der Waals surface area contributed by atoms with Crippen molar-refractivity contribution in [2.75, 3.05) is 5.73 Å². The van der Waals surface area contributed by atoms with Gasteiger partial charge < -0.3 is 14.9 Å². The molecule has 1 aromatic carbocycles. The Morgan fingerprint density at radius 3 is 2.70 bits per heavy atom. The number of oxazole rings is 1. The summed E-state index contributed by atoms with van der Waals surface area (Å²) in [5, 5.41) is 1.60. The molecule has 0 bridgehead atoms. The van der Waals surface area contributed by atoms with Crippen LogP contribution in [0.3, 0.4) is 0 Å². The number of anilines is 1. The van der Waals surface area contributed by atoms with Crippen LogP contribution in [0.4, 0.5) is 5.88 Å². The monoisotopic (exact) mass is 343 g/mol. The fourth-order valence-corrected chi connectivity index (χ4v) is 3.26. The highest BCUT2D eigenvalue weighted by Gasteiger charge is 2.13. The highest BCUT2D eigenvalue weighted by Crippen LogP contribution is 2.38. The molecule has 23 heavy (non-hydrogen) atoms. The van der Waals surface area contributed by atoms with Gasteiger partial charge in [-0.25, -0.2) is 4.98 Å². The van der Waals surface area contributed by atoms with Crippen molar-refractivity contribution in [3.05, 3.63) is 53.9 Å². The van der Waals surface area contributed by atoms with Gasteiger partial charge in [-0.05, 0) is 30.3 Å². The van der Waals surface area contributed by atoms with E-state index >= 15 is 0 Å². The number of halogens is 1. The van der Waals surface area contributed by atoms with Crippen LogP contribution in [0.2, 0.25) is 5.02 Å². The minimum Gasteiger partial charge on any atom is -0.455 e. The average Bonchev–Trinajstić information content (AvgIpc) is 3.16. The van der Waals surface area contributed by atoms with Crippen molar-refractivity contribution in [1.29, 1.82) is 0 Å². The molecule has 0 aliphatic rings. The summed E-state index contributed by atoms with van der Waals surface area (Å²) >= 11 is 7.40. The second kappa shape index (κ2) is 5.57. The fourth-order valence-electron chi connectivity index (χ4n) is 2.15. The molecule has 5 nitrogen and oxygen atoms in total. The normalized spacial score (nSPS) is 11.0. The zero-order valence-corrected chi connectivity index (χ0v) is 13.3. The first kappa shape index (κ1) is 14.0. The number of nitrogens with zero attached hydrogens (tertiary/aromatic N) is 2. The largest absolute Gasteiger partial charge is 0.455 e. The van der Waals surface area contributed by atoms with E-state index < -0.39 is 0 Å². The third kappa shape index (κ3) is 2.74. The minimum atomic E-state index is 0.285. The van der Waals surface area contributed by atoms with E-state index in [0.717, 1.165) is 15.0 Å². The summed E-state index contributed by atoms with van der Waals surface area (Å²) in [5.74, 6) is 2.12. The first-order valence-corrected chi connectivity index (χ1v) is 7.91. The summed E-state index contributed by atoms with van der Waals surface area (Å²) in [6.45, 7) is 0. The zero-order chi connectivity index (χ0) is 15.8. The molecule has 0 unspecified atom stereocenters. The van der Waals surface area contributed by atoms with Gasteiger partial charge in [0.15, 0.2) is 5.75 Å². The standard InChI is InChI=1S/C16H10ClN3O2S/c17-9-1-3-10(4-2-9)21-12-6-19-7-14-11(12)5-13(23-14)16-20-8-15(18)22-16/h1-8H,18H2. The van der Waals surface area contributed by atoms with Gasteiger partial charge >= 0.3 is 0 Å². The van der Waals surface area contributed by atoms with E-state index in [0.29, 0.717) is 22.4 Å². The van der Waals surface area contributed by atoms with Crippen LogP contribution in [0.5, 0.6) is 11.5 Å². The molecule has 0 atom stereocenters. The smallest absolute Gasteiger partial charge is 0.238 e. The summed E-state index contributed by atoms with van der Waals surface area (Å²) < 4.78 is 12.3. The van der Waals surface area contributed by atoms with E-state index in [-0.39, 0.29) is 5.88 Å². The summed E-state index contributed by atoms with van der Waals surface area (Å²) in [7, 11) is 0. The molecule has 7 heteroatoms. The topological polar surface area (TPSA) is 74.2 Å². The van der Waals surface area contributed by atoms with Crippen molar-refractivity contribution in [2.24, 2.45) is 0 Å². The van der Waals surface area contributed by atoms with E-state index in [4.69, 9.17) is 26.5 Å². The Labute approximate surface area is 140 Å². The van der Waals surface area contributed by atoms with Crippen LogP contribution in [0.25, 0.3) is 20.9 Å². The number of ether oxygens (including phenoxy) is 1. The lowest BCUT2D eigenvalue weighted by Gasteiger charge is -2.06. The van der Waals surface area contributed by atoms with Gasteiger partial charge in [-0.2, -0.15) is 0 Å². The predicted molar refractivity (Wildman–Crippen MR) is 91.1 cm³/mol. The molecule has 0 radical (unpaired) electrons. The van der Waals surface area contributed by atoms with Crippen molar-refractivity contribution in [3.8, 4) is 22.3 Å². The molecule has 3 aromatic heterocycles. The lowest BCUT2D eigenvalue weighted by molar-refractivity contribution is 0.486. The molecule has 0 fully saturated rings. The molecule has 114 valence electrons. The van der Waals surface area contributed by atoms with E-state index in [1.54, 1.807) is 24.5 Å². The van der Waals surface area contributed by atoms with Gasteiger partial charge in [-0.1, -0.05) is 11.6 Å². The SMILES string of the molecule is Nc1cnc(-c2cc3c(Oc4ccc(Cl)cc4)cncc3s2)o1. The van der Waals surface area contributed by atoms with Crippen LogP contribution in [0.1, 0.15) is 0 Å². The van der Waals surface area contributed by atoms with E-state index in [2.05, 4.69) is 9.97 Å². The molecular formula is C16H10ClN3O2S. The number of thiophene rings is 1. The molecular weight excluding hydrogens is 334 g/mol. The predicted octanol–water partition coefficient (Wildman–Crippen LogP) is 4.98. The maximum Gasteiger partial charge on any atom is 0.238 e. The summed E-state index contributed by atoms with van der Waals surface area (Å²) in [6.07, 6.45) is 4.95. The van der Waals surface area contributed by atoms with Gasteiger partial charge in [0.1, 0.15) is 5.75 Å². The Hall–Kier alpha value is -2.57. The number of pyridine rings is 1. The molecule has 4 rings (SSSR count). The summed E-state index contributed by atoms with van der Waals surface area (Å²) in [5.41, 5.74) is 5.58. The second-order valence-electron chi connectivity index (χ2n) is 4.78. The van der Waals surface area contributed by atoms with Crippen molar-refractivity contribution in [1.82, 2.24) is 9.97 Å². The summed E-state index contributed by atoms with van der Waals surface area (Å²) in [4.78, 5) is 9.24. The number of hydrogen-bond acceptors (Lipinski definition) is 6. The number of nitrogens with two attached hydrogens (primary N) is 1. The Morgan fingerprint density at radius 2 is 1.96 bits per heavy atom. The zero-order valence-electron chi connectivity index (χ0n) is 11.7. The highest BCUT2D eigenvalue weighted by atomic mass is 35.5. The van der Waals surface area contributed by atoms with Crippen LogP contribution in [-0.4, -0.2) is 9.97 Å². The van der Waals surface area contributed by atoms with E-state index in [1.165, 1.54) is 17.5 Å². The second-order valence-corrected chi connectivity index (χ2v) is 6.30. The maximum absolute atomic E-state index is 5.91. The lowest BCUT2D eigenvalue weighted by atomic mass is 10.3. The molecule has 2 N–H and O–H groups in total. The lowest BCUT2D eigenvalue weighted by Crippen LogP contribution is -1.85. The molecule has 4 aromatic rings. The van der Waals surface area contributed by atoms with Crippen LogP contribution in [0, 0.1) is 0 Å². The number of nitrogen functional groups attached to an aromatic ring is 1. The molecule has 3 heterocycles. The molecule has 0 aliphatic heterocycles. The van der Waals surface area contributed by atoms with Crippen LogP contribution >= 0.6 is 22.9 Å². The van der Waals surface area contributed by atoms with Crippen molar-refractivity contribution < 1.29 is 9.15 Å². The van der Waals surface area contributed by atoms with Crippen LogP contribution in [-0.2, 0) is 0 Å². The third-order valence-corrected chi connectivity index (χ3v) is 4.50. The number of hydrogen-bond donors (Lipinski definition) is 1. The molecule has 0 spiro atoms. The Kier molecular flexibility index (Phi) is 3.40. The third-order valence-electron chi connectivity index (χ3n) is 3.19. The molecule has 0 aliphatic carbocycles. The van der Waals surface area contributed by atoms with Gasteiger partial charge in [-0.15, -0.1) is 11.3 Å². The first-order valence-electron chi connectivity index (χ1n) is 6.72. The van der Waals surface area contributed by atoms with Crippen LogP contribution < -0.4 is 10.5 Å². The highest BCUT2D eigenvalue weighted by molar-refractivity contribution is 7.22. The van der Waals surface area contributed by atoms with Crippen LogP contribution in [0.15, 0.2) is 53.3 Å². The quantitative estimate of drug-likeness (QED) is 0.568. The van der Waals surface area contributed by atoms with Gasteiger partial charge in [0, 0.05) is 16.6 Å². The number of benzene rings is 1. The van der Waals surface area contributed by atoms with Crippen molar-refractivity contribution in [3.63, 3.8) is 0 Å². The van der Waals surface area contributed by atoms with Crippen molar-refractivity contribution in [2.45, 2.75) is 0 Å². The first-order chi connectivity index (χ1) is 11.2. The summed E-state index contributed by atoms with van der Waals surface area (Å²) in [6, 6.07) is 9.13. The Bertz CT molecular complexity index is 979. The van der Waals surface area contributed by atoms with Gasteiger partial charge in [-0.3, -0.25) is 4.98 Å². The Balaban J connectivity index is 1.75. The molecule has 0 amide bonds.